The smallest absolute Gasteiger partial charge is 0.333 e. The van der Waals surface area contributed by atoms with Crippen molar-refractivity contribution in [1.82, 2.24) is 9.78 Å². The van der Waals surface area contributed by atoms with Crippen LogP contribution in [-0.2, 0) is 6.54 Å². The van der Waals surface area contributed by atoms with Crippen LogP contribution in [-0.4, -0.2) is 14.7 Å². The van der Waals surface area contributed by atoms with Gasteiger partial charge in [0.25, 0.3) is 0 Å². The summed E-state index contributed by atoms with van der Waals surface area (Å²) >= 11 is 0. The van der Waals surface area contributed by atoms with E-state index in [4.69, 9.17) is 10.2 Å². The van der Waals surface area contributed by atoms with Crippen molar-refractivity contribution in [3.05, 3.63) is 39.5 Å². The lowest BCUT2D eigenvalue weighted by atomic mass is 10.3. The Labute approximate surface area is 115 Å². The van der Waals surface area contributed by atoms with Gasteiger partial charge in [0.05, 0.1) is 4.92 Å². The minimum Gasteiger partial charge on any atom is -0.464 e. The summed E-state index contributed by atoms with van der Waals surface area (Å²) in [6.45, 7) is 4.07. The van der Waals surface area contributed by atoms with Crippen LogP contribution in [0.2, 0.25) is 0 Å². The van der Waals surface area contributed by atoms with Crippen LogP contribution in [0.1, 0.15) is 36.5 Å². The Bertz CT molecular complexity index is 673. The molecule has 0 radical (unpaired) electrons. The lowest BCUT2D eigenvalue weighted by Gasteiger charge is -2.00. The van der Waals surface area contributed by atoms with Gasteiger partial charge in [-0.05, 0) is 31.4 Å². The predicted molar refractivity (Wildman–Crippen MR) is 72.4 cm³/mol. The highest BCUT2D eigenvalue weighted by Crippen LogP contribution is 2.47. The monoisotopic (exact) mass is 276 g/mol. The van der Waals surface area contributed by atoms with Crippen molar-refractivity contribution in [1.29, 1.82) is 0 Å². The van der Waals surface area contributed by atoms with E-state index in [1.807, 2.05) is 12.1 Å². The van der Waals surface area contributed by atoms with Gasteiger partial charge in [-0.15, -0.1) is 0 Å². The quantitative estimate of drug-likeness (QED) is 0.682. The summed E-state index contributed by atoms with van der Waals surface area (Å²) in [5.41, 5.74) is 5.95. The number of furan rings is 1. The van der Waals surface area contributed by atoms with E-state index in [2.05, 4.69) is 12.0 Å². The van der Waals surface area contributed by atoms with Crippen LogP contribution in [0, 0.1) is 23.0 Å². The van der Waals surface area contributed by atoms with E-state index in [1.165, 1.54) is 4.68 Å². The fourth-order valence-electron chi connectivity index (χ4n) is 2.48. The van der Waals surface area contributed by atoms with Crippen LogP contribution in [0.15, 0.2) is 16.5 Å². The summed E-state index contributed by atoms with van der Waals surface area (Å²) in [6, 6.07) is 3.84. The zero-order valence-corrected chi connectivity index (χ0v) is 11.4. The van der Waals surface area contributed by atoms with Crippen LogP contribution >= 0.6 is 0 Å². The molecule has 2 heterocycles. The van der Waals surface area contributed by atoms with Crippen molar-refractivity contribution >= 4 is 11.5 Å². The SMILES string of the molecule is Cc1nn(Cc2ccc(C3CC3C)o2)c(N)c1[N+](=O)[O-]. The Kier molecular flexibility index (Phi) is 2.77. The molecule has 0 bridgehead atoms. The molecule has 0 aliphatic heterocycles. The molecule has 1 fully saturated rings. The molecule has 106 valence electrons. The summed E-state index contributed by atoms with van der Waals surface area (Å²) in [5.74, 6) is 2.93. The molecule has 2 N–H and O–H groups in total. The Balaban J connectivity index is 1.83. The average Bonchev–Trinajstić information content (AvgIpc) is 2.81. The van der Waals surface area contributed by atoms with Crippen molar-refractivity contribution < 1.29 is 9.34 Å². The molecule has 3 rings (SSSR count). The van der Waals surface area contributed by atoms with Gasteiger partial charge in [0, 0.05) is 5.92 Å². The third-order valence-electron chi connectivity index (χ3n) is 3.78. The molecule has 1 aliphatic rings. The van der Waals surface area contributed by atoms with Gasteiger partial charge >= 0.3 is 5.69 Å². The molecule has 0 saturated heterocycles. The first-order chi connectivity index (χ1) is 9.47. The second kappa shape index (κ2) is 4.36. The Morgan fingerprint density at radius 3 is 2.85 bits per heavy atom. The number of rotatable bonds is 4. The molecular formula is C13H16N4O3. The van der Waals surface area contributed by atoms with Crippen molar-refractivity contribution in [2.45, 2.75) is 32.7 Å². The molecule has 2 aromatic rings. The Morgan fingerprint density at radius 2 is 2.30 bits per heavy atom. The van der Waals surface area contributed by atoms with Crippen molar-refractivity contribution in [2.75, 3.05) is 5.73 Å². The van der Waals surface area contributed by atoms with E-state index in [1.54, 1.807) is 6.92 Å². The normalized spacial score (nSPS) is 21.1. The number of hydrogen-bond donors (Lipinski definition) is 1. The Hall–Kier alpha value is -2.31. The van der Waals surface area contributed by atoms with Crippen LogP contribution in [0.5, 0.6) is 0 Å². The molecule has 20 heavy (non-hydrogen) atoms. The zero-order chi connectivity index (χ0) is 14.4. The van der Waals surface area contributed by atoms with Gasteiger partial charge in [0.1, 0.15) is 23.8 Å². The molecule has 2 atom stereocenters. The zero-order valence-electron chi connectivity index (χ0n) is 11.4. The standard InChI is InChI=1S/C13H16N4O3/c1-7-5-10(7)11-4-3-9(20-11)6-16-13(14)12(17(18)19)8(2)15-16/h3-4,7,10H,5-6,14H2,1-2H3. The van der Waals surface area contributed by atoms with Crippen molar-refractivity contribution in [3.8, 4) is 0 Å². The minimum atomic E-state index is -0.506. The molecule has 1 saturated carbocycles. The molecule has 7 nitrogen and oxygen atoms in total. The summed E-state index contributed by atoms with van der Waals surface area (Å²) in [4.78, 5) is 10.4. The number of aromatic nitrogens is 2. The Morgan fingerprint density at radius 1 is 1.60 bits per heavy atom. The molecule has 0 amide bonds. The van der Waals surface area contributed by atoms with E-state index in [9.17, 15) is 10.1 Å². The van der Waals surface area contributed by atoms with Gasteiger partial charge in [-0.2, -0.15) is 5.10 Å². The van der Waals surface area contributed by atoms with Crippen LogP contribution in [0.4, 0.5) is 11.5 Å². The van der Waals surface area contributed by atoms with Crippen LogP contribution in [0.25, 0.3) is 0 Å². The van der Waals surface area contributed by atoms with E-state index in [0.29, 0.717) is 29.8 Å². The van der Waals surface area contributed by atoms with Crippen LogP contribution in [0.3, 0.4) is 0 Å². The molecule has 7 heteroatoms. The van der Waals surface area contributed by atoms with Crippen molar-refractivity contribution in [3.63, 3.8) is 0 Å². The first-order valence-electron chi connectivity index (χ1n) is 6.53. The third kappa shape index (κ3) is 2.04. The molecular weight excluding hydrogens is 260 g/mol. The number of anilines is 1. The number of aryl methyl sites for hydroxylation is 1. The highest BCUT2D eigenvalue weighted by atomic mass is 16.6. The number of nitrogens with zero attached hydrogens (tertiary/aromatic N) is 3. The first kappa shape index (κ1) is 12.7. The second-order valence-electron chi connectivity index (χ2n) is 5.36. The van der Waals surface area contributed by atoms with E-state index < -0.39 is 4.92 Å². The summed E-state index contributed by atoms with van der Waals surface area (Å²) in [6.07, 6.45) is 1.15. The summed E-state index contributed by atoms with van der Waals surface area (Å²) in [5, 5.41) is 15.0. The molecule has 2 unspecified atom stereocenters. The number of hydrogen-bond acceptors (Lipinski definition) is 5. The van der Waals surface area contributed by atoms with Gasteiger partial charge in [0.2, 0.25) is 5.82 Å². The fourth-order valence-corrected chi connectivity index (χ4v) is 2.48. The maximum absolute atomic E-state index is 10.9. The van der Waals surface area contributed by atoms with E-state index in [0.717, 1.165) is 12.2 Å². The molecule has 0 spiro atoms. The van der Waals surface area contributed by atoms with Gasteiger partial charge in [0.15, 0.2) is 0 Å². The average molecular weight is 276 g/mol. The molecule has 1 aliphatic carbocycles. The molecule has 2 aromatic heterocycles. The maximum Gasteiger partial charge on any atom is 0.333 e. The first-order valence-corrected chi connectivity index (χ1v) is 6.53. The van der Waals surface area contributed by atoms with Gasteiger partial charge in [-0.1, -0.05) is 6.92 Å². The highest BCUT2D eigenvalue weighted by Gasteiger charge is 2.36. The number of nitro groups is 1. The summed E-state index contributed by atoms with van der Waals surface area (Å²) in [7, 11) is 0. The lowest BCUT2D eigenvalue weighted by Crippen LogP contribution is -2.06. The number of nitrogen functional groups attached to an aromatic ring is 1. The third-order valence-corrected chi connectivity index (χ3v) is 3.78. The van der Waals surface area contributed by atoms with Gasteiger partial charge in [-0.3, -0.25) is 10.1 Å². The lowest BCUT2D eigenvalue weighted by molar-refractivity contribution is -0.384. The van der Waals surface area contributed by atoms with Crippen molar-refractivity contribution in [2.24, 2.45) is 5.92 Å². The van der Waals surface area contributed by atoms with Gasteiger partial charge < -0.3 is 10.2 Å². The topological polar surface area (TPSA) is 100 Å². The second-order valence-corrected chi connectivity index (χ2v) is 5.36. The van der Waals surface area contributed by atoms with E-state index >= 15 is 0 Å². The predicted octanol–water partition coefficient (Wildman–Crippen LogP) is 2.45. The minimum absolute atomic E-state index is 0.0604. The fraction of sp³-hybridized carbons (Fsp3) is 0.462. The summed E-state index contributed by atoms with van der Waals surface area (Å²) < 4.78 is 7.17. The maximum atomic E-state index is 10.9. The van der Waals surface area contributed by atoms with Crippen LogP contribution < -0.4 is 5.73 Å². The highest BCUT2D eigenvalue weighted by molar-refractivity contribution is 5.56. The molecule has 0 aromatic carbocycles. The number of nitrogens with two attached hydrogens (primary N) is 1. The van der Waals surface area contributed by atoms with E-state index in [-0.39, 0.29) is 11.5 Å². The van der Waals surface area contributed by atoms with Gasteiger partial charge in [-0.25, -0.2) is 4.68 Å². The largest absolute Gasteiger partial charge is 0.464 e.